The van der Waals surface area contributed by atoms with Crippen LogP contribution in [0.4, 0.5) is 0 Å². The van der Waals surface area contributed by atoms with Gasteiger partial charge in [-0.05, 0) is 49.0 Å². The number of carbonyl (C=O) groups excluding carboxylic acids is 1. The normalized spacial score (nSPS) is 15.7. The number of carbonyl (C=O) groups is 1. The van der Waals surface area contributed by atoms with Gasteiger partial charge in [-0.15, -0.1) is 0 Å². The zero-order valence-corrected chi connectivity index (χ0v) is 14.9. The van der Waals surface area contributed by atoms with Crippen molar-refractivity contribution in [1.82, 2.24) is 14.7 Å². The standard InChI is InChI=1S/C20H25N3O2/c1-22-15-18(14-21-22)5-8-20(24)23-11-9-17(10-12-23)13-16-3-6-19(25-2)7-4-16/h3-8,14-15,17H,9-13H2,1-2H3. The Bertz CT molecular complexity index is 726. The number of aryl methyl sites for hydroxylation is 1. The second-order valence-corrected chi connectivity index (χ2v) is 6.60. The highest BCUT2D eigenvalue weighted by molar-refractivity contribution is 5.91. The van der Waals surface area contributed by atoms with Crippen LogP contribution in [0.5, 0.6) is 5.75 Å². The fourth-order valence-corrected chi connectivity index (χ4v) is 3.25. The molecule has 1 amide bonds. The van der Waals surface area contributed by atoms with Crippen LogP contribution in [0, 0.1) is 5.92 Å². The van der Waals surface area contributed by atoms with Gasteiger partial charge < -0.3 is 9.64 Å². The minimum atomic E-state index is 0.0896. The first kappa shape index (κ1) is 17.3. The lowest BCUT2D eigenvalue weighted by atomic mass is 9.90. The van der Waals surface area contributed by atoms with E-state index < -0.39 is 0 Å². The van der Waals surface area contributed by atoms with Crippen molar-refractivity contribution in [3.05, 3.63) is 53.9 Å². The number of nitrogens with zero attached hydrogens (tertiary/aromatic N) is 3. The summed E-state index contributed by atoms with van der Waals surface area (Å²) in [7, 11) is 3.55. The monoisotopic (exact) mass is 339 g/mol. The van der Waals surface area contributed by atoms with E-state index in [-0.39, 0.29) is 5.91 Å². The number of aromatic nitrogens is 2. The predicted molar refractivity (Wildman–Crippen MR) is 98.2 cm³/mol. The molecule has 1 aromatic carbocycles. The molecule has 0 spiro atoms. The zero-order chi connectivity index (χ0) is 17.6. The number of likely N-dealkylation sites (tertiary alicyclic amines) is 1. The zero-order valence-electron chi connectivity index (χ0n) is 14.9. The number of hydrogen-bond acceptors (Lipinski definition) is 3. The third-order valence-corrected chi connectivity index (χ3v) is 4.75. The van der Waals surface area contributed by atoms with Crippen LogP contribution < -0.4 is 4.74 Å². The van der Waals surface area contributed by atoms with E-state index in [1.54, 1.807) is 24.1 Å². The van der Waals surface area contributed by atoms with E-state index in [1.807, 2.05) is 36.4 Å². The van der Waals surface area contributed by atoms with Crippen molar-refractivity contribution in [2.75, 3.05) is 20.2 Å². The van der Waals surface area contributed by atoms with Gasteiger partial charge in [0.25, 0.3) is 0 Å². The van der Waals surface area contributed by atoms with Gasteiger partial charge in [-0.25, -0.2) is 0 Å². The van der Waals surface area contributed by atoms with Crippen molar-refractivity contribution < 1.29 is 9.53 Å². The molecule has 1 aromatic heterocycles. The van der Waals surface area contributed by atoms with Crippen LogP contribution in [0.15, 0.2) is 42.7 Å². The Hall–Kier alpha value is -2.56. The van der Waals surface area contributed by atoms with Crippen LogP contribution >= 0.6 is 0 Å². The summed E-state index contributed by atoms with van der Waals surface area (Å²) in [6, 6.07) is 8.29. The molecule has 0 aliphatic carbocycles. The fourth-order valence-electron chi connectivity index (χ4n) is 3.25. The predicted octanol–water partition coefficient (Wildman–Crippen LogP) is 2.92. The molecule has 1 aliphatic rings. The lowest BCUT2D eigenvalue weighted by Crippen LogP contribution is -2.37. The molecule has 1 saturated heterocycles. The summed E-state index contributed by atoms with van der Waals surface area (Å²) in [5.74, 6) is 1.62. The Labute approximate surface area is 148 Å². The van der Waals surface area contributed by atoms with Gasteiger partial charge in [-0.1, -0.05) is 12.1 Å². The number of ether oxygens (including phenoxy) is 1. The summed E-state index contributed by atoms with van der Waals surface area (Å²) >= 11 is 0. The molecule has 25 heavy (non-hydrogen) atoms. The summed E-state index contributed by atoms with van der Waals surface area (Å²) in [5.41, 5.74) is 2.28. The smallest absolute Gasteiger partial charge is 0.246 e. The maximum atomic E-state index is 12.3. The Balaban J connectivity index is 1.47. The Morgan fingerprint density at radius 2 is 2.00 bits per heavy atom. The van der Waals surface area contributed by atoms with Crippen molar-refractivity contribution in [1.29, 1.82) is 0 Å². The van der Waals surface area contributed by atoms with Crippen LogP contribution in [-0.4, -0.2) is 40.8 Å². The van der Waals surface area contributed by atoms with Gasteiger partial charge in [0.15, 0.2) is 0 Å². The topological polar surface area (TPSA) is 47.4 Å². The largest absolute Gasteiger partial charge is 0.497 e. The van der Waals surface area contributed by atoms with Crippen molar-refractivity contribution in [2.45, 2.75) is 19.3 Å². The number of piperidine rings is 1. The van der Waals surface area contributed by atoms with E-state index in [2.05, 4.69) is 17.2 Å². The molecule has 1 fully saturated rings. The van der Waals surface area contributed by atoms with E-state index in [0.717, 1.165) is 43.7 Å². The van der Waals surface area contributed by atoms with Crippen molar-refractivity contribution in [3.63, 3.8) is 0 Å². The average Bonchev–Trinajstić information content (AvgIpc) is 3.06. The Morgan fingerprint density at radius 1 is 1.28 bits per heavy atom. The summed E-state index contributed by atoms with van der Waals surface area (Å²) in [4.78, 5) is 14.3. The number of hydrogen-bond donors (Lipinski definition) is 0. The lowest BCUT2D eigenvalue weighted by Gasteiger charge is -2.31. The first-order valence-corrected chi connectivity index (χ1v) is 8.72. The molecule has 0 bridgehead atoms. The van der Waals surface area contributed by atoms with Gasteiger partial charge in [0.05, 0.1) is 13.3 Å². The minimum absolute atomic E-state index is 0.0896. The SMILES string of the molecule is COc1ccc(CC2CCN(C(=O)C=Cc3cnn(C)c3)CC2)cc1. The van der Waals surface area contributed by atoms with Crippen molar-refractivity contribution >= 4 is 12.0 Å². The highest BCUT2D eigenvalue weighted by Gasteiger charge is 2.21. The molecule has 0 radical (unpaired) electrons. The molecule has 0 saturated carbocycles. The molecule has 5 heteroatoms. The van der Waals surface area contributed by atoms with Gasteiger partial charge in [0, 0.05) is 38.0 Å². The molecular formula is C20H25N3O2. The summed E-state index contributed by atoms with van der Waals surface area (Å²) in [5, 5.41) is 4.10. The van der Waals surface area contributed by atoms with Gasteiger partial charge >= 0.3 is 0 Å². The number of amides is 1. The lowest BCUT2D eigenvalue weighted by molar-refractivity contribution is -0.127. The van der Waals surface area contributed by atoms with Crippen LogP contribution in [0.25, 0.3) is 6.08 Å². The summed E-state index contributed by atoms with van der Waals surface area (Å²) in [6.07, 6.45) is 10.3. The third-order valence-electron chi connectivity index (χ3n) is 4.75. The van der Waals surface area contributed by atoms with Gasteiger partial charge in [0.1, 0.15) is 5.75 Å². The summed E-state index contributed by atoms with van der Waals surface area (Å²) in [6.45, 7) is 1.66. The van der Waals surface area contributed by atoms with Crippen LogP contribution in [0.1, 0.15) is 24.0 Å². The number of rotatable bonds is 5. The van der Waals surface area contributed by atoms with E-state index in [0.29, 0.717) is 5.92 Å². The third kappa shape index (κ3) is 4.72. The first-order chi connectivity index (χ1) is 12.1. The van der Waals surface area contributed by atoms with Gasteiger partial charge in [-0.2, -0.15) is 5.10 Å². The summed E-state index contributed by atoms with van der Waals surface area (Å²) < 4.78 is 6.93. The van der Waals surface area contributed by atoms with E-state index in [1.165, 1.54) is 5.56 Å². The first-order valence-electron chi connectivity index (χ1n) is 8.72. The maximum Gasteiger partial charge on any atom is 0.246 e. The fraction of sp³-hybridized carbons (Fsp3) is 0.400. The van der Waals surface area contributed by atoms with Crippen molar-refractivity contribution in [3.8, 4) is 5.75 Å². The maximum absolute atomic E-state index is 12.3. The molecule has 2 heterocycles. The molecule has 3 rings (SSSR count). The van der Waals surface area contributed by atoms with Crippen molar-refractivity contribution in [2.24, 2.45) is 13.0 Å². The van der Waals surface area contributed by atoms with E-state index in [4.69, 9.17) is 4.74 Å². The molecule has 0 N–H and O–H groups in total. The quantitative estimate of drug-likeness (QED) is 0.787. The number of benzene rings is 1. The second-order valence-electron chi connectivity index (χ2n) is 6.60. The Morgan fingerprint density at radius 3 is 2.60 bits per heavy atom. The van der Waals surface area contributed by atoms with Gasteiger partial charge in [-0.3, -0.25) is 9.48 Å². The molecule has 2 aromatic rings. The minimum Gasteiger partial charge on any atom is -0.497 e. The molecule has 1 aliphatic heterocycles. The van der Waals surface area contributed by atoms with Gasteiger partial charge in [0.2, 0.25) is 5.91 Å². The number of methoxy groups -OCH3 is 1. The molecule has 0 atom stereocenters. The van der Waals surface area contributed by atoms with E-state index >= 15 is 0 Å². The van der Waals surface area contributed by atoms with Crippen LogP contribution in [0.3, 0.4) is 0 Å². The second kappa shape index (κ2) is 8.01. The molecule has 0 unspecified atom stereocenters. The molecule has 132 valence electrons. The molecular weight excluding hydrogens is 314 g/mol. The highest BCUT2D eigenvalue weighted by Crippen LogP contribution is 2.23. The average molecular weight is 339 g/mol. The molecule has 5 nitrogen and oxygen atoms in total. The van der Waals surface area contributed by atoms with Crippen LogP contribution in [-0.2, 0) is 18.3 Å². The van der Waals surface area contributed by atoms with E-state index in [9.17, 15) is 4.79 Å². The Kier molecular flexibility index (Phi) is 5.53. The highest BCUT2D eigenvalue weighted by atomic mass is 16.5. The van der Waals surface area contributed by atoms with Crippen LogP contribution in [0.2, 0.25) is 0 Å².